The molecule has 5 nitrogen and oxygen atoms in total. The minimum absolute atomic E-state index is 0.0475. The molecule has 1 aliphatic heterocycles. The maximum absolute atomic E-state index is 13.7. The van der Waals surface area contributed by atoms with E-state index in [-0.39, 0.29) is 11.3 Å². The van der Waals surface area contributed by atoms with Gasteiger partial charge in [-0.25, -0.2) is 4.68 Å². The molecule has 1 unspecified atom stereocenters. The maximum Gasteiger partial charge on any atom is 0.415 e. The molecule has 0 bridgehead atoms. The number of halogens is 3. The minimum Gasteiger partial charge on any atom is -0.478 e. The first-order chi connectivity index (χ1) is 11.7. The number of carbonyl (C=O) groups excluding carboxylic acids is 1. The average Bonchev–Trinajstić information content (AvgIpc) is 2.92. The van der Waals surface area contributed by atoms with Gasteiger partial charge in [-0.1, -0.05) is 30.3 Å². The number of fused-ring (bicyclic) bond motifs is 1. The number of rotatable bonds is 3. The molecule has 0 aliphatic carbocycles. The number of benzene rings is 1. The van der Waals surface area contributed by atoms with Gasteiger partial charge >= 0.3 is 6.18 Å². The standard InChI is InChI=1S/C17H18F3N3O2/c1-11-13(22-23-9-6-10-25-15(11)23)14(24)21-16(2,17(18,19)20)12-7-4-3-5-8-12/h3-5,7-8H,6,9-10H2,1-2H3,(H,21,24). The van der Waals surface area contributed by atoms with Crippen LogP contribution in [0.15, 0.2) is 30.3 Å². The number of amides is 1. The molecule has 2 heterocycles. The summed E-state index contributed by atoms with van der Waals surface area (Å²) >= 11 is 0. The highest BCUT2D eigenvalue weighted by atomic mass is 19.4. The highest BCUT2D eigenvalue weighted by Gasteiger charge is 2.53. The van der Waals surface area contributed by atoms with Crippen molar-refractivity contribution in [2.45, 2.75) is 38.5 Å². The van der Waals surface area contributed by atoms with Crippen LogP contribution < -0.4 is 10.1 Å². The van der Waals surface area contributed by atoms with E-state index in [4.69, 9.17) is 4.74 Å². The quantitative estimate of drug-likeness (QED) is 0.922. The maximum atomic E-state index is 13.7. The topological polar surface area (TPSA) is 56.2 Å². The predicted molar refractivity (Wildman–Crippen MR) is 84.4 cm³/mol. The Kier molecular flexibility index (Phi) is 4.22. The van der Waals surface area contributed by atoms with Crippen LogP contribution in [-0.4, -0.2) is 28.5 Å². The summed E-state index contributed by atoms with van der Waals surface area (Å²) in [6, 6.07) is 7.29. The largest absolute Gasteiger partial charge is 0.478 e. The van der Waals surface area contributed by atoms with Crippen molar-refractivity contribution >= 4 is 5.91 Å². The Morgan fingerprint density at radius 2 is 1.96 bits per heavy atom. The van der Waals surface area contributed by atoms with Crippen LogP contribution >= 0.6 is 0 Å². The lowest BCUT2D eigenvalue weighted by Crippen LogP contribution is -2.54. The Balaban J connectivity index is 1.96. The zero-order valence-electron chi connectivity index (χ0n) is 13.9. The fourth-order valence-corrected chi connectivity index (χ4v) is 2.83. The molecule has 0 saturated carbocycles. The predicted octanol–water partition coefficient (Wildman–Crippen LogP) is 3.18. The lowest BCUT2D eigenvalue weighted by Gasteiger charge is -2.33. The van der Waals surface area contributed by atoms with E-state index in [9.17, 15) is 18.0 Å². The summed E-state index contributed by atoms with van der Waals surface area (Å²) < 4.78 is 48.2. The molecule has 1 aromatic carbocycles. The van der Waals surface area contributed by atoms with E-state index in [1.807, 2.05) is 0 Å². The van der Waals surface area contributed by atoms with Crippen molar-refractivity contribution in [3.05, 3.63) is 47.2 Å². The van der Waals surface area contributed by atoms with Crippen LogP contribution in [-0.2, 0) is 12.1 Å². The number of hydrogen-bond donors (Lipinski definition) is 1. The fourth-order valence-electron chi connectivity index (χ4n) is 2.83. The molecule has 0 fully saturated rings. The van der Waals surface area contributed by atoms with Gasteiger partial charge in [-0.15, -0.1) is 0 Å². The molecular formula is C17H18F3N3O2. The Labute approximate surface area is 142 Å². The van der Waals surface area contributed by atoms with E-state index in [1.165, 1.54) is 28.9 Å². The molecule has 1 aromatic heterocycles. The first-order valence-corrected chi connectivity index (χ1v) is 7.89. The zero-order valence-corrected chi connectivity index (χ0v) is 13.9. The van der Waals surface area contributed by atoms with Crippen molar-refractivity contribution in [1.29, 1.82) is 0 Å². The third-order valence-corrected chi connectivity index (χ3v) is 4.38. The number of nitrogens with zero attached hydrogens (tertiary/aromatic N) is 2. The van der Waals surface area contributed by atoms with Crippen molar-refractivity contribution in [3.8, 4) is 5.88 Å². The highest BCUT2D eigenvalue weighted by molar-refractivity contribution is 5.94. The van der Waals surface area contributed by atoms with Crippen molar-refractivity contribution in [3.63, 3.8) is 0 Å². The van der Waals surface area contributed by atoms with Gasteiger partial charge < -0.3 is 10.1 Å². The molecule has 0 saturated heterocycles. The van der Waals surface area contributed by atoms with Crippen molar-refractivity contribution in [2.75, 3.05) is 6.61 Å². The zero-order chi connectivity index (χ0) is 18.2. The van der Waals surface area contributed by atoms with Gasteiger partial charge in [-0.2, -0.15) is 18.3 Å². The number of hydrogen-bond acceptors (Lipinski definition) is 3. The molecule has 0 spiro atoms. The van der Waals surface area contributed by atoms with Crippen LogP contribution in [0.5, 0.6) is 5.88 Å². The van der Waals surface area contributed by atoms with E-state index in [0.717, 1.165) is 13.3 Å². The van der Waals surface area contributed by atoms with Gasteiger partial charge in [0.15, 0.2) is 11.2 Å². The fraction of sp³-hybridized carbons (Fsp3) is 0.412. The van der Waals surface area contributed by atoms with E-state index >= 15 is 0 Å². The molecule has 134 valence electrons. The molecule has 3 rings (SSSR count). The number of nitrogens with one attached hydrogen (secondary N) is 1. The van der Waals surface area contributed by atoms with Crippen molar-refractivity contribution in [2.24, 2.45) is 0 Å². The van der Waals surface area contributed by atoms with Crippen LogP contribution in [0.3, 0.4) is 0 Å². The Bertz CT molecular complexity index is 786. The van der Waals surface area contributed by atoms with E-state index in [2.05, 4.69) is 10.4 Å². The van der Waals surface area contributed by atoms with E-state index in [0.29, 0.717) is 24.6 Å². The summed E-state index contributed by atoms with van der Waals surface area (Å²) in [7, 11) is 0. The smallest absolute Gasteiger partial charge is 0.415 e. The lowest BCUT2D eigenvalue weighted by atomic mass is 9.91. The van der Waals surface area contributed by atoms with Gasteiger partial charge in [0.1, 0.15) is 0 Å². The second kappa shape index (κ2) is 6.09. The van der Waals surface area contributed by atoms with Crippen molar-refractivity contribution < 1.29 is 22.7 Å². The van der Waals surface area contributed by atoms with Gasteiger partial charge in [-0.05, 0) is 19.4 Å². The molecule has 25 heavy (non-hydrogen) atoms. The van der Waals surface area contributed by atoms with Crippen LogP contribution in [0.2, 0.25) is 0 Å². The lowest BCUT2D eigenvalue weighted by molar-refractivity contribution is -0.192. The first kappa shape index (κ1) is 17.3. The highest BCUT2D eigenvalue weighted by Crippen LogP contribution is 2.39. The second-order valence-electron chi connectivity index (χ2n) is 6.15. The molecule has 1 aliphatic rings. The molecule has 1 N–H and O–H groups in total. The van der Waals surface area contributed by atoms with Gasteiger partial charge in [0.25, 0.3) is 5.91 Å². The van der Waals surface area contributed by atoms with Gasteiger partial charge in [0, 0.05) is 18.5 Å². The molecule has 8 heteroatoms. The number of ether oxygens (including phenoxy) is 1. The number of aryl methyl sites for hydroxylation is 1. The Morgan fingerprint density at radius 1 is 1.28 bits per heavy atom. The van der Waals surface area contributed by atoms with Crippen LogP contribution in [0.25, 0.3) is 0 Å². The van der Waals surface area contributed by atoms with Crippen LogP contribution in [0.4, 0.5) is 13.2 Å². The van der Waals surface area contributed by atoms with E-state index < -0.39 is 17.6 Å². The second-order valence-corrected chi connectivity index (χ2v) is 6.15. The summed E-state index contributed by atoms with van der Waals surface area (Å²) in [5, 5.41) is 6.24. The molecular weight excluding hydrogens is 335 g/mol. The number of alkyl halides is 3. The third-order valence-electron chi connectivity index (χ3n) is 4.38. The molecule has 2 aromatic rings. The van der Waals surface area contributed by atoms with Crippen LogP contribution in [0.1, 0.15) is 35.0 Å². The Hall–Kier alpha value is -2.51. The first-order valence-electron chi connectivity index (χ1n) is 7.89. The number of aromatic nitrogens is 2. The Morgan fingerprint density at radius 3 is 2.56 bits per heavy atom. The van der Waals surface area contributed by atoms with Crippen LogP contribution in [0, 0.1) is 6.92 Å². The average molecular weight is 353 g/mol. The summed E-state index contributed by atoms with van der Waals surface area (Å²) in [6.45, 7) is 3.63. The number of carbonyl (C=O) groups is 1. The molecule has 1 atom stereocenters. The SMILES string of the molecule is Cc1c(C(=O)NC(C)(c2ccccc2)C(F)(F)F)nn2c1OCCC2. The minimum atomic E-state index is -4.67. The summed E-state index contributed by atoms with van der Waals surface area (Å²) in [6.07, 6.45) is -3.94. The summed E-state index contributed by atoms with van der Waals surface area (Å²) in [4.78, 5) is 12.6. The van der Waals surface area contributed by atoms with Crippen molar-refractivity contribution in [1.82, 2.24) is 15.1 Å². The third kappa shape index (κ3) is 2.96. The monoisotopic (exact) mass is 353 g/mol. The van der Waals surface area contributed by atoms with Gasteiger partial charge in [0.05, 0.1) is 6.61 Å². The van der Waals surface area contributed by atoms with Gasteiger partial charge in [-0.3, -0.25) is 4.79 Å². The van der Waals surface area contributed by atoms with Gasteiger partial charge in [0.2, 0.25) is 5.88 Å². The molecule has 0 radical (unpaired) electrons. The van der Waals surface area contributed by atoms with E-state index in [1.54, 1.807) is 13.0 Å². The molecule has 1 amide bonds. The summed E-state index contributed by atoms with van der Waals surface area (Å²) in [5.74, 6) is -0.448. The normalized spacial score (nSPS) is 16.5. The summed E-state index contributed by atoms with van der Waals surface area (Å²) in [5.41, 5.74) is -2.19.